The summed E-state index contributed by atoms with van der Waals surface area (Å²) in [5, 5.41) is 0. The van der Waals surface area contributed by atoms with Crippen LogP contribution < -0.4 is 10.5 Å². The maximum Gasteiger partial charge on any atom is 0.124 e. The van der Waals surface area contributed by atoms with Crippen molar-refractivity contribution in [2.75, 3.05) is 6.61 Å². The highest BCUT2D eigenvalue weighted by molar-refractivity contribution is 9.10. The van der Waals surface area contributed by atoms with Crippen LogP contribution >= 0.6 is 15.9 Å². The predicted molar refractivity (Wildman–Crippen MR) is 76.4 cm³/mol. The van der Waals surface area contributed by atoms with E-state index in [2.05, 4.69) is 28.9 Å². The molecule has 0 bridgehead atoms. The summed E-state index contributed by atoms with van der Waals surface area (Å²) < 4.78 is 6.68. The van der Waals surface area contributed by atoms with Gasteiger partial charge in [0.25, 0.3) is 0 Å². The Morgan fingerprint density at radius 3 is 2.71 bits per heavy atom. The monoisotopic (exact) mass is 299 g/mol. The highest BCUT2D eigenvalue weighted by Gasteiger charge is 2.12. The number of nitrogens with two attached hydrogens (primary N) is 1. The second-order valence-corrected chi connectivity index (χ2v) is 5.13. The van der Waals surface area contributed by atoms with Crippen LogP contribution in [0.4, 0.5) is 0 Å². The fourth-order valence-corrected chi connectivity index (χ4v) is 2.24. The van der Waals surface area contributed by atoms with Gasteiger partial charge in [0.05, 0.1) is 6.61 Å². The third-order valence-electron chi connectivity index (χ3n) is 2.79. The van der Waals surface area contributed by atoms with E-state index in [1.54, 1.807) is 0 Å². The fourth-order valence-electron chi connectivity index (χ4n) is 1.87. The Bertz CT molecular complexity index is 341. The van der Waals surface area contributed by atoms with Crippen molar-refractivity contribution in [3.8, 4) is 5.75 Å². The van der Waals surface area contributed by atoms with Gasteiger partial charge in [0.2, 0.25) is 0 Å². The van der Waals surface area contributed by atoms with Gasteiger partial charge in [-0.25, -0.2) is 0 Å². The molecule has 1 atom stereocenters. The molecule has 0 heterocycles. The maximum absolute atomic E-state index is 6.23. The van der Waals surface area contributed by atoms with Gasteiger partial charge in [-0.05, 0) is 31.5 Å². The maximum atomic E-state index is 6.23. The molecule has 96 valence electrons. The van der Waals surface area contributed by atoms with Crippen LogP contribution in [0.3, 0.4) is 0 Å². The van der Waals surface area contributed by atoms with E-state index in [9.17, 15) is 0 Å². The molecule has 2 N–H and O–H groups in total. The van der Waals surface area contributed by atoms with Gasteiger partial charge in [0.1, 0.15) is 5.75 Å². The Balaban J connectivity index is 2.74. The molecule has 0 amide bonds. The minimum atomic E-state index is 0.0700. The standard InChI is InChI=1S/C14H22BrNO/c1-3-5-6-7-13(16)12-10-11(15)8-9-14(12)17-4-2/h8-10,13H,3-7,16H2,1-2H3/t13-/m1/s1. The number of ether oxygens (including phenoxy) is 1. The zero-order valence-electron chi connectivity index (χ0n) is 10.7. The van der Waals surface area contributed by atoms with Crippen LogP contribution in [0, 0.1) is 0 Å². The molecule has 1 aromatic carbocycles. The zero-order chi connectivity index (χ0) is 12.7. The Kier molecular flexibility index (Phi) is 6.60. The third-order valence-corrected chi connectivity index (χ3v) is 3.28. The summed E-state index contributed by atoms with van der Waals surface area (Å²) in [4.78, 5) is 0. The number of rotatable bonds is 7. The smallest absolute Gasteiger partial charge is 0.124 e. The zero-order valence-corrected chi connectivity index (χ0v) is 12.3. The van der Waals surface area contributed by atoms with Crippen LogP contribution in [0.15, 0.2) is 22.7 Å². The quantitative estimate of drug-likeness (QED) is 0.756. The van der Waals surface area contributed by atoms with Crippen molar-refractivity contribution in [2.24, 2.45) is 5.73 Å². The van der Waals surface area contributed by atoms with E-state index in [1.807, 2.05) is 19.1 Å². The predicted octanol–water partition coefficient (Wildman–Crippen LogP) is 4.43. The van der Waals surface area contributed by atoms with E-state index in [1.165, 1.54) is 19.3 Å². The van der Waals surface area contributed by atoms with E-state index in [0.717, 1.165) is 22.2 Å². The molecule has 0 radical (unpaired) electrons. The summed E-state index contributed by atoms with van der Waals surface area (Å²) in [6.07, 6.45) is 4.66. The average molecular weight is 300 g/mol. The molecule has 1 aromatic rings. The first-order valence-corrected chi connectivity index (χ1v) is 7.16. The lowest BCUT2D eigenvalue weighted by molar-refractivity contribution is 0.333. The Morgan fingerprint density at radius 2 is 2.06 bits per heavy atom. The molecule has 0 fully saturated rings. The van der Waals surface area contributed by atoms with E-state index in [-0.39, 0.29) is 6.04 Å². The van der Waals surface area contributed by atoms with Gasteiger partial charge in [0.15, 0.2) is 0 Å². The Hall–Kier alpha value is -0.540. The number of benzene rings is 1. The number of unbranched alkanes of at least 4 members (excludes halogenated alkanes) is 2. The highest BCUT2D eigenvalue weighted by atomic mass is 79.9. The van der Waals surface area contributed by atoms with Gasteiger partial charge in [-0.2, -0.15) is 0 Å². The molecule has 0 saturated carbocycles. The van der Waals surface area contributed by atoms with E-state index in [4.69, 9.17) is 10.5 Å². The number of hydrogen-bond donors (Lipinski definition) is 1. The number of hydrogen-bond acceptors (Lipinski definition) is 2. The van der Waals surface area contributed by atoms with Gasteiger partial charge < -0.3 is 10.5 Å². The molecular formula is C14H22BrNO. The molecule has 3 heteroatoms. The van der Waals surface area contributed by atoms with Gasteiger partial charge >= 0.3 is 0 Å². The van der Waals surface area contributed by atoms with E-state index >= 15 is 0 Å². The molecule has 17 heavy (non-hydrogen) atoms. The molecule has 0 aliphatic heterocycles. The minimum absolute atomic E-state index is 0.0700. The van der Waals surface area contributed by atoms with Crippen LogP contribution in [0.1, 0.15) is 51.1 Å². The first kappa shape index (κ1) is 14.5. The lowest BCUT2D eigenvalue weighted by Crippen LogP contribution is -2.12. The van der Waals surface area contributed by atoms with Crippen molar-refractivity contribution >= 4 is 15.9 Å². The summed E-state index contributed by atoms with van der Waals surface area (Å²) in [5.41, 5.74) is 7.34. The van der Waals surface area contributed by atoms with Gasteiger partial charge in [0, 0.05) is 16.1 Å². The van der Waals surface area contributed by atoms with Gasteiger partial charge in [-0.3, -0.25) is 0 Å². The third kappa shape index (κ3) is 4.68. The lowest BCUT2D eigenvalue weighted by Gasteiger charge is -2.17. The molecule has 0 spiro atoms. The van der Waals surface area contributed by atoms with Crippen LogP contribution in [0.5, 0.6) is 5.75 Å². The molecule has 1 rings (SSSR count). The van der Waals surface area contributed by atoms with Crippen molar-refractivity contribution in [2.45, 2.75) is 45.6 Å². The summed E-state index contributed by atoms with van der Waals surface area (Å²) in [6.45, 7) is 4.88. The molecule has 2 nitrogen and oxygen atoms in total. The second-order valence-electron chi connectivity index (χ2n) is 4.22. The molecule has 0 aliphatic rings. The van der Waals surface area contributed by atoms with Gasteiger partial charge in [-0.15, -0.1) is 0 Å². The van der Waals surface area contributed by atoms with Crippen molar-refractivity contribution in [1.82, 2.24) is 0 Å². The van der Waals surface area contributed by atoms with Crippen LogP contribution in [-0.2, 0) is 0 Å². The summed E-state index contributed by atoms with van der Waals surface area (Å²) in [6, 6.07) is 6.12. The van der Waals surface area contributed by atoms with Crippen molar-refractivity contribution in [3.63, 3.8) is 0 Å². The van der Waals surface area contributed by atoms with Crippen LogP contribution in [-0.4, -0.2) is 6.61 Å². The van der Waals surface area contributed by atoms with Crippen molar-refractivity contribution in [1.29, 1.82) is 0 Å². The summed E-state index contributed by atoms with van der Waals surface area (Å²) in [7, 11) is 0. The van der Waals surface area contributed by atoms with Crippen LogP contribution in [0.25, 0.3) is 0 Å². The topological polar surface area (TPSA) is 35.2 Å². The first-order valence-electron chi connectivity index (χ1n) is 6.36. The first-order chi connectivity index (χ1) is 8.19. The lowest BCUT2D eigenvalue weighted by atomic mass is 10.0. The Morgan fingerprint density at radius 1 is 1.29 bits per heavy atom. The highest BCUT2D eigenvalue weighted by Crippen LogP contribution is 2.30. The SMILES string of the molecule is CCCCC[C@@H](N)c1cc(Br)ccc1OCC. The van der Waals surface area contributed by atoms with E-state index in [0.29, 0.717) is 6.61 Å². The van der Waals surface area contributed by atoms with Crippen molar-refractivity contribution in [3.05, 3.63) is 28.2 Å². The average Bonchev–Trinajstić information content (AvgIpc) is 2.32. The summed E-state index contributed by atoms with van der Waals surface area (Å²) >= 11 is 3.49. The normalized spacial score (nSPS) is 12.5. The summed E-state index contributed by atoms with van der Waals surface area (Å²) in [5.74, 6) is 0.916. The Labute approximate surface area is 113 Å². The minimum Gasteiger partial charge on any atom is -0.494 e. The second kappa shape index (κ2) is 7.72. The van der Waals surface area contributed by atoms with Crippen LogP contribution in [0.2, 0.25) is 0 Å². The van der Waals surface area contributed by atoms with Crippen molar-refractivity contribution < 1.29 is 4.74 Å². The molecular weight excluding hydrogens is 278 g/mol. The molecule has 0 unspecified atom stereocenters. The molecule has 0 aromatic heterocycles. The van der Waals surface area contributed by atoms with E-state index < -0.39 is 0 Å². The molecule has 0 aliphatic carbocycles. The molecule has 0 saturated heterocycles. The largest absolute Gasteiger partial charge is 0.494 e. The van der Waals surface area contributed by atoms with Gasteiger partial charge in [-0.1, -0.05) is 42.1 Å². The number of halogens is 1. The fraction of sp³-hybridized carbons (Fsp3) is 0.571.